The summed E-state index contributed by atoms with van der Waals surface area (Å²) in [7, 11) is 1.73. The van der Waals surface area contributed by atoms with Gasteiger partial charge in [0.2, 0.25) is 11.8 Å². The highest BCUT2D eigenvalue weighted by molar-refractivity contribution is 5.33. The van der Waals surface area contributed by atoms with Crippen LogP contribution in [-0.2, 0) is 6.54 Å². The van der Waals surface area contributed by atoms with Gasteiger partial charge in [-0.2, -0.15) is 0 Å². The van der Waals surface area contributed by atoms with Crippen LogP contribution >= 0.6 is 0 Å². The molecule has 1 saturated heterocycles. The Bertz CT molecular complexity index is 635. The molecule has 1 aromatic heterocycles. The first kappa shape index (κ1) is 16.0. The number of ether oxygens (including phenoxy) is 1. The largest absolute Gasteiger partial charge is 0.496 e. The van der Waals surface area contributed by atoms with Crippen molar-refractivity contribution in [2.45, 2.75) is 26.4 Å². The number of benzene rings is 1. The van der Waals surface area contributed by atoms with Crippen LogP contribution in [0.1, 0.15) is 30.3 Å². The molecule has 124 valence electrons. The molecule has 0 saturated carbocycles. The fourth-order valence-electron chi connectivity index (χ4n) is 3.02. The van der Waals surface area contributed by atoms with E-state index < -0.39 is 0 Å². The fourth-order valence-corrected chi connectivity index (χ4v) is 3.02. The first-order valence-electron chi connectivity index (χ1n) is 8.05. The molecular formula is C17H24N4O2. The van der Waals surface area contributed by atoms with E-state index in [0.717, 1.165) is 38.5 Å². The van der Waals surface area contributed by atoms with E-state index >= 15 is 0 Å². The summed E-state index contributed by atoms with van der Waals surface area (Å²) in [5, 5.41) is 8.07. The molecule has 0 aliphatic carbocycles. The van der Waals surface area contributed by atoms with E-state index in [1.54, 1.807) is 7.11 Å². The zero-order valence-electron chi connectivity index (χ0n) is 14.0. The summed E-state index contributed by atoms with van der Waals surface area (Å²) in [6, 6.07) is 8.40. The summed E-state index contributed by atoms with van der Waals surface area (Å²) in [5.74, 6) is 2.30. The molecule has 0 spiro atoms. The highest BCUT2D eigenvalue weighted by Gasteiger charge is 2.25. The van der Waals surface area contributed by atoms with Crippen LogP contribution in [0.4, 0.5) is 0 Å². The molecule has 23 heavy (non-hydrogen) atoms. The topological polar surface area (TPSA) is 54.6 Å². The van der Waals surface area contributed by atoms with Gasteiger partial charge in [-0.3, -0.25) is 9.80 Å². The van der Waals surface area contributed by atoms with E-state index in [-0.39, 0.29) is 6.04 Å². The zero-order valence-corrected chi connectivity index (χ0v) is 14.0. The van der Waals surface area contributed by atoms with Gasteiger partial charge in [0.1, 0.15) is 5.75 Å². The lowest BCUT2D eigenvalue weighted by Crippen LogP contribution is -2.46. The van der Waals surface area contributed by atoms with E-state index in [9.17, 15) is 0 Å². The molecule has 1 aromatic carbocycles. The minimum absolute atomic E-state index is 0.171. The fraction of sp³-hybridized carbons (Fsp3) is 0.529. The van der Waals surface area contributed by atoms with Gasteiger partial charge < -0.3 is 9.15 Å². The third-order valence-corrected chi connectivity index (χ3v) is 4.44. The number of hydrogen-bond donors (Lipinski definition) is 0. The average Bonchev–Trinajstić information content (AvgIpc) is 3.02. The normalized spacial score (nSPS) is 18.0. The second-order valence-corrected chi connectivity index (χ2v) is 5.96. The van der Waals surface area contributed by atoms with Gasteiger partial charge in [-0.05, 0) is 13.0 Å². The highest BCUT2D eigenvalue weighted by Crippen LogP contribution is 2.23. The molecule has 6 nitrogen and oxygen atoms in total. The monoisotopic (exact) mass is 316 g/mol. The molecule has 0 radical (unpaired) electrons. The van der Waals surface area contributed by atoms with Gasteiger partial charge in [0.05, 0.1) is 13.2 Å². The van der Waals surface area contributed by atoms with Crippen LogP contribution < -0.4 is 4.74 Å². The molecule has 1 fully saturated rings. The number of aryl methyl sites for hydroxylation is 1. The van der Waals surface area contributed by atoms with Gasteiger partial charge in [-0.25, -0.2) is 0 Å². The molecule has 1 aliphatic rings. The molecule has 2 aromatic rings. The maximum Gasteiger partial charge on any atom is 0.233 e. The lowest BCUT2D eigenvalue weighted by molar-refractivity contribution is 0.0865. The Morgan fingerprint density at radius 2 is 1.91 bits per heavy atom. The van der Waals surface area contributed by atoms with Crippen molar-refractivity contribution in [2.75, 3.05) is 33.3 Å². The maximum absolute atomic E-state index is 5.56. The van der Waals surface area contributed by atoms with Gasteiger partial charge >= 0.3 is 0 Å². The number of rotatable bonds is 5. The number of hydrogen-bond acceptors (Lipinski definition) is 6. The lowest BCUT2D eigenvalue weighted by atomic mass is 10.1. The number of nitrogens with zero attached hydrogens (tertiary/aromatic N) is 4. The van der Waals surface area contributed by atoms with E-state index in [4.69, 9.17) is 9.15 Å². The Kier molecular flexibility index (Phi) is 4.93. The van der Waals surface area contributed by atoms with E-state index in [0.29, 0.717) is 11.8 Å². The summed E-state index contributed by atoms with van der Waals surface area (Å²) < 4.78 is 11.0. The van der Waals surface area contributed by atoms with Crippen LogP contribution in [0.5, 0.6) is 5.75 Å². The first-order valence-corrected chi connectivity index (χ1v) is 8.05. The van der Waals surface area contributed by atoms with E-state index in [1.807, 2.05) is 19.1 Å². The third-order valence-electron chi connectivity index (χ3n) is 4.44. The molecule has 6 heteroatoms. The van der Waals surface area contributed by atoms with Crippen molar-refractivity contribution in [3.63, 3.8) is 0 Å². The minimum Gasteiger partial charge on any atom is -0.496 e. The van der Waals surface area contributed by atoms with Crippen molar-refractivity contribution >= 4 is 0 Å². The zero-order chi connectivity index (χ0) is 16.2. The summed E-state index contributed by atoms with van der Waals surface area (Å²) in [6.45, 7) is 8.92. The summed E-state index contributed by atoms with van der Waals surface area (Å²) in [4.78, 5) is 4.85. The lowest BCUT2D eigenvalue weighted by Gasteiger charge is -2.37. The summed E-state index contributed by atoms with van der Waals surface area (Å²) in [6.07, 6.45) is 0. The van der Waals surface area contributed by atoms with Crippen molar-refractivity contribution in [1.29, 1.82) is 0 Å². The third kappa shape index (κ3) is 3.71. The van der Waals surface area contributed by atoms with Crippen LogP contribution in [-0.4, -0.2) is 53.3 Å². The van der Waals surface area contributed by atoms with Crippen LogP contribution in [0.2, 0.25) is 0 Å². The number of para-hydroxylation sites is 1. The Morgan fingerprint density at radius 3 is 2.57 bits per heavy atom. The van der Waals surface area contributed by atoms with Crippen molar-refractivity contribution in [2.24, 2.45) is 0 Å². The molecule has 0 N–H and O–H groups in total. The van der Waals surface area contributed by atoms with Crippen LogP contribution in [0, 0.1) is 6.92 Å². The second kappa shape index (κ2) is 7.10. The molecule has 0 unspecified atom stereocenters. The number of methoxy groups -OCH3 is 1. The molecule has 1 aliphatic heterocycles. The molecular weight excluding hydrogens is 292 g/mol. The minimum atomic E-state index is 0.171. The Labute approximate surface area is 137 Å². The van der Waals surface area contributed by atoms with Crippen molar-refractivity contribution in [3.05, 3.63) is 41.6 Å². The van der Waals surface area contributed by atoms with Crippen molar-refractivity contribution < 1.29 is 9.15 Å². The average molecular weight is 316 g/mol. The quantitative estimate of drug-likeness (QED) is 0.843. The standard InChI is InChI=1S/C17H24N4O2/c1-13(17-19-18-14(2)23-17)21-10-8-20(9-11-21)12-15-6-4-5-7-16(15)22-3/h4-7,13H,8-12H2,1-3H3/t13-/m0/s1. The van der Waals surface area contributed by atoms with Gasteiger partial charge in [0.25, 0.3) is 0 Å². The van der Waals surface area contributed by atoms with Gasteiger partial charge in [0, 0.05) is 45.2 Å². The first-order chi connectivity index (χ1) is 11.2. The maximum atomic E-state index is 5.56. The second-order valence-electron chi connectivity index (χ2n) is 5.96. The molecule has 0 bridgehead atoms. The van der Waals surface area contributed by atoms with E-state index in [2.05, 4.69) is 39.1 Å². The molecule has 2 heterocycles. The van der Waals surface area contributed by atoms with Crippen LogP contribution in [0.3, 0.4) is 0 Å². The van der Waals surface area contributed by atoms with Crippen LogP contribution in [0.25, 0.3) is 0 Å². The van der Waals surface area contributed by atoms with Crippen molar-refractivity contribution in [3.8, 4) is 5.75 Å². The summed E-state index contributed by atoms with van der Waals surface area (Å²) in [5.41, 5.74) is 1.24. The van der Waals surface area contributed by atoms with Gasteiger partial charge in [-0.1, -0.05) is 18.2 Å². The van der Waals surface area contributed by atoms with E-state index in [1.165, 1.54) is 5.56 Å². The Hall–Kier alpha value is -1.92. The Balaban J connectivity index is 1.56. The number of piperazine rings is 1. The Morgan fingerprint density at radius 1 is 1.17 bits per heavy atom. The number of aromatic nitrogens is 2. The van der Waals surface area contributed by atoms with Gasteiger partial charge in [0.15, 0.2) is 0 Å². The predicted molar refractivity (Wildman–Crippen MR) is 87.3 cm³/mol. The van der Waals surface area contributed by atoms with Crippen LogP contribution in [0.15, 0.2) is 28.7 Å². The summed E-state index contributed by atoms with van der Waals surface area (Å²) >= 11 is 0. The molecule has 3 rings (SSSR count). The SMILES string of the molecule is COc1ccccc1CN1CCN([C@@H](C)c2nnc(C)o2)CC1. The molecule has 0 amide bonds. The van der Waals surface area contributed by atoms with Crippen molar-refractivity contribution in [1.82, 2.24) is 20.0 Å². The molecule has 1 atom stereocenters. The highest BCUT2D eigenvalue weighted by atomic mass is 16.5. The predicted octanol–water partition coefficient (Wildman–Crippen LogP) is 2.27. The van der Waals surface area contributed by atoms with Gasteiger partial charge in [-0.15, -0.1) is 10.2 Å². The smallest absolute Gasteiger partial charge is 0.233 e.